The fraction of sp³-hybridized carbons (Fsp3) is 0.105. The van der Waals surface area contributed by atoms with Gasteiger partial charge in [-0.2, -0.15) is 0 Å². The Kier molecular flexibility index (Phi) is 5.66. The van der Waals surface area contributed by atoms with E-state index in [1.54, 1.807) is 30.3 Å². The maximum atomic E-state index is 12.4. The summed E-state index contributed by atoms with van der Waals surface area (Å²) in [5.74, 6) is 0.965. The van der Waals surface area contributed by atoms with E-state index in [0.717, 1.165) is 11.4 Å². The molecule has 26 heavy (non-hydrogen) atoms. The summed E-state index contributed by atoms with van der Waals surface area (Å²) in [4.78, 5) is 20.5. The van der Waals surface area contributed by atoms with E-state index in [1.165, 1.54) is 6.33 Å². The normalized spacial score (nSPS) is 10.2. The molecule has 0 atom stereocenters. The van der Waals surface area contributed by atoms with Crippen LogP contribution in [0.2, 0.25) is 5.02 Å². The van der Waals surface area contributed by atoms with Crippen molar-refractivity contribution in [2.45, 2.75) is 6.92 Å². The highest BCUT2D eigenvalue weighted by Crippen LogP contribution is 2.20. The first-order valence-corrected chi connectivity index (χ1v) is 8.40. The number of ether oxygens (including phenoxy) is 1. The van der Waals surface area contributed by atoms with E-state index >= 15 is 0 Å². The first kappa shape index (κ1) is 17.7. The summed E-state index contributed by atoms with van der Waals surface area (Å²) in [7, 11) is 0. The highest BCUT2D eigenvalue weighted by molar-refractivity contribution is 6.30. The van der Waals surface area contributed by atoms with Crippen molar-refractivity contribution in [2.75, 3.05) is 17.2 Å². The summed E-state index contributed by atoms with van der Waals surface area (Å²) in [6.07, 6.45) is 1.34. The summed E-state index contributed by atoms with van der Waals surface area (Å²) >= 11 is 5.92. The van der Waals surface area contributed by atoms with E-state index in [0.29, 0.717) is 23.1 Å². The average molecular weight is 369 g/mol. The molecule has 0 aliphatic heterocycles. The summed E-state index contributed by atoms with van der Waals surface area (Å²) in [6.45, 7) is 2.55. The molecule has 0 saturated heterocycles. The minimum Gasteiger partial charge on any atom is -0.494 e. The molecule has 6 nitrogen and oxygen atoms in total. The molecule has 1 heterocycles. The molecule has 0 fully saturated rings. The number of carbonyl (C=O) groups is 1. The molecule has 2 aromatic carbocycles. The van der Waals surface area contributed by atoms with Crippen molar-refractivity contribution >= 4 is 34.7 Å². The van der Waals surface area contributed by atoms with Crippen LogP contribution in [0, 0.1) is 0 Å². The Morgan fingerprint density at radius 3 is 2.62 bits per heavy atom. The van der Waals surface area contributed by atoms with Gasteiger partial charge in [0.05, 0.1) is 6.61 Å². The summed E-state index contributed by atoms with van der Waals surface area (Å²) < 4.78 is 5.41. The van der Waals surface area contributed by atoms with Gasteiger partial charge < -0.3 is 15.4 Å². The molecule has 3 rings (SSSR count). The number of halogens is 1. The molecule has 132 valence electrons. The lowest BCUT2D eigenvalue weighted by Crippen LogP contribution is -2.14. The van der Waals surface area contributed by atoms with Crippen molar-refractivity contribution in [1.82, 2.24) is 9.97 Å². The molecule has 0 radical (unpaired) electrons. The lowest BCUT2D eigenvalue weighted by Gasteiger charge is -2.09. The fourth-order valence-electron chi connectivity index (χ4n) is 2.26. The third kappa shape index (κ3) is 4.70. The van der Waals surface area contributed by atoms with Crippen LogP contribution < -0.4 is 15.4 Å². The van der Waals surface area contributed by atoms with Crippen molar-refractivity contribution in [3.05, 3.63) is 71.6 Å². The molecule has 1 amide bonds. The Balaban J connectivity index is 1.70. The van der Waals surface area contributed by atoms with Gasteiger partial charge in [0.15, 0.2) is 0 Å². The standard InChI is InChI=1S/C19H17ClN4O2/c1-2-26-16-8-6-14(7-9-16)23-18-11-17(21-12-22-18)19(25)24-15-5-3-4-13(20)10-15/h3-12H,2H2,1H3,(H,24,25)(H,21,22,23). The molecule has 0 aliphatic rings. The fourth-order valence-corrected chi connectivity index (χ4v) is 2.45. The van der Waals surface area contributed by atoms with Gasteiger partial charge in [-0.15, -0.1) is 0 Å². The van der Waals surface area contributed by atoms with E-state index in [-0.39, 0.29) is 11.6 Å². The number of benzene rings is 2. The summed E-state index contributed by atoms with van der Waals surface area (Å²) in [6, 6.07) is 16.0. The van der Waals surface area contributed by atoms with Crippen molar-refractivity contribution in [3.63, 3.8) is 0 Å². The Morgan fingerprint density at radius 2 is 1.88 bits per heavy atom. The molecule has 0 unspecified atom stereocenters. The second-order valence-electron chi connectivity index (χ2n) is 5.34. The molecule has 2 N–H and O–H groups in total. The Labute approximate surface area is 156 Å². The molecule has 3 aromatic rings. The van der Waals surface area contributed by atoms with E-state index in [1.807, 2.05) is 31.2 Å². The van der Waals surface area contributed by atoms with Gasteiger partial charge in [-0.1, -0.05) is 17.7 Å². The largest absolute Gasteiger partial charge is 0.494 e. The van der Waals surface area contributed by atoms with Crippen LogP contribution in [-0.4, -0.2) is 22.5 Å². The van der Waals surface area contributed by atoms with Crippen molar-refractivity contribution in [3.8, 4) is 5.75 Å². The van der Waals surface area contributed by atoms with Crippen molar-refractivity contribution in [1.29, 1.82) is 0 Å². The number of amides is 1. The maximum Gasteiger partial charge on any atom is 0.274 e. The molecule has 7 heteroatoms. The molecular weight excluding hydrogens is 352 g/mol. The van der Waals surface area contributed by atoms with Gasteiger partial charge in [-0.3, -0.25) is 4.79 Å². The SMILES string of the molecule is CCOc1ccc(Nc2cc(C(=O)Nc3cccc(Cl)c3)ncn2)cc1. The predicted octanol–water partition coefficient (Wildman–Crippen LogP) is 4.52. The lowest BCUT2D eigenvalue weighted by molar-refractivity contribution is 0.102. The summed E-state index contributed by atoms with van der Waals surface area (Å²) in [5.41, 5.74) is 1.67. The number of aromatic nitrogens is 2. The zero-order chi connectivity index (χ0) is 18.4. The third-order valence-electron chi connectivity index (χ3n) is 3.42. The highest BCUT2D eigenvalue weighted by atomic mass is 35.5. The van der Waals surface area contributed by atoms with E-state index in [4.69, 9.17) is 16.3 Å². The molecular formula is C19H17ClN4O2. The van der Waals surface area contributed by atoms with Gasteiger partial charge >= 0.3 is 0 Å². The van der Waals surface area contributed by atoms with Gasteiger partial charge in [-0.05, 0) is 49.4 Å². The number of nitrogens with one attached hydrogen (secondary N) is 2. The van der Waals surface area contributed by atoms with Crippen LogP contribution in [0.3, 0.4) is 0 Å². The minimum atomic E-state index is -0.343. The second-order valence-corrected chi connectivity index (χ2v) is 5.77. The number of nitrogens with zero attached hydrogens (tertiary/aromatic N) is 2. The van der Waals surface area contributed by atoms with Gasteiger partial charge in [0, 0.05) is 22.5 Å². The van der Waals surface area contributed by atoms with Crippen LogP contribution in [0.15, 0.2) is 60.9 Å². The topological polar surface area (TPSA) is 76.1 Å². The maximum absolute atomic E-state index is 12.4. The Bertz CT molecular complexity index is 900. The highest BCUT2D eigenvalue weighted by Gasteiger charge is 2.10. The third-order valence-corrected chi connectivity index (χ3v) is 3.66. The van der Waals surface area contributed by atoms with Crippen LogP contribution in [0.5, 0.6) is 5.75 Å². The van der Waals surface area contributed by atoms with E-state index < -0.39 is 0 Å². The quantitative estimate of drug-likeness (QED) is 0.668. The Hall–Kier alpha value is -3.12. The number of carbonyl (C=O) groups excluding carboxylic acids is 1. The number of anilines is 3. The van der Waals surface area contributed by atoms with E-state index in [2.05, 4.69) is 20.6 Å². The van der Waals surface area contributed by atoms with Gasteiger partial charge in [0.25, 0.3) is 5.91 Å². The summed E-state index contributed by atoms with van der Waals surface area (Å²) in [5, 5.41) is 6.43. The van der Waals surface area contributed by atoms with Crippen LogP contribution in [0.25, 0.3) is 0 Å². The zero-order valence-electron chi connectivity index (χ0n) is 14.1. The monoisotopic (exact) mass is 368 g/mol. The number of hydrogen-bond donors (Lipinski definition) is 2. The first-order valence-electron chi connectivity index (χ1n) is 8.03. The Morgan fingerprint density at radius 1 is 1.08 bits per heavy atom. The zero-order valence-corrected chi connectivity index (χ0v) is 14.8. The predicted molar refractivity (Wildman–Crippen MR) is 102 cm³/mol. The molecule has 0 aliphatic carbocycles. The van der Waals surface area contributed by atoms with E-state index in [9.17, 15) is 4.79 Å². The average Bonchev–Trinajstić information content (AvgIpc) is 2.64. The molecule has 0 spiro atoms. The van der Waals surface area contributed by atoms with Gasteiger partial charge in [0.2, 0.25) is 0 Å². The molecule has 1 aromatic heterocycles. The van der Waals surface area contributed by atoms with Crippen LogP contribution in [0.4, 0.5) is 17.2 Å². The van der Waals surface area contributed by atoms with Gasteiger partial charge in [-0.25, -0.2) is 9.97 Å². The van der Waals surface area contributed by atoms with Crippen LogP contribution in [0.1, 0.15) is 17.4 Å². The minimum absolute atomic E-state index is 0.244. The smallest absolute Gasteiger partial charge is 0.274 e. The van der Waals surface area contributed by atoms with Crippen LogP contribution >= 0.6 is 11.6 Å². The second kappa shape index (κ2) is 8.31. The van der Waals surface area contributed by atoms with Crippen molar-refractivity contribution < 1.29 is 9.53 Å². The van der Waals surface area contributed by atoms with Crippen molar-refractivity contribution in [2.24, 2.45) is 0 Å². The van der Waals surface area contributed by atoms with Crippen LogP contribution in [-0.2, 0) is 0 Å². The lowest BCUT2D eigenvalue weighted by atomic mass is 10.3. The number of rotatable bonds is 6. The first-order chi connectivity index (χ1) is 12.6. The van der Waals surface area contributed by atoms with Gasteiger partial charge in [0.1, 0.15) is 23.6 Å². The molecule has 0 saturated carbocycles. The number of hydrogen-bond acceptors (Lipinski definition) is 5. The molecule has 0 bridgehead atoms.